The molecule has 2 aromatic rings. The molecule has 2 aromatic carbocycles. The first kappa shape index (κ1) is 18.6. The molecule has 2 amide bonds. The van der Waals surface area contributed by atoms with Gasteiger partial charge in [0.2, 0.25) is 0 Å². The van der Waals surface area contributed by atoms with Gasteiger partial charge in [0, 0.05) is 18.0 Å². The Morgan fingerprint density at radius 3 is 2.73 bits per heavy atom. The molecule has 26 heavy (non-hydrogen) atoms. The molecule has 0 saturated carbocycles. The van der Waals surface area contributed by atoms with Gasteiger partial charge in [-0.05, 0) is 35.7 Å². The quantitative estimate of drug-likeness (QED) is 0.757. The van der Waals surface area contributed by atoms with Crippen LogP contribution in [-0.2, 0) is 12.6 Å². The van der Waals surface area contributed by atoms with Crippen LogP contribution in [0.4, 0.5) is 23.7 Å². The number of aryl methyl sites for hydroxylation is 1. The molecule has 0 aromatic heterocycles. The van der Waals surface area contributed by atoms with Crippen molar-refractivity contribution in [1.29, 1.82) is 0 Å². The van der Waals surface area contributed by atoms with Gasteiger partial charge in [-0.25, -0.2) is 4.79 Å². The standard InChI is InChI=1S/C19H19F3N2OS/c1-2-13-6-3-4-9-16(13)23-18(25)24-10-11-26-17(24)14-7-5-8-15(12-14)19(20,21)22/h3-9,12,17H,2,10-11H2,1H3,(H,23,25)/t17-/m1/s1. The molecular weight excluding hydrogens is 361 g/mol. The smallest absolute Gasteiger partial charge is 0.308 e. The number of halogens is 3. The van der Waals surface area contributed by atoms with Crippen molar-refractivity contribution < 1.29 is 18.0 Å². The van der Waals surface area contributed by atoms with E-state index in [1.54, 1.807) is 11.0 Å². The Hall–Kier alpha value is -2.15. The van der Waals surface area contributed by atoms with Crippen LogP contribution in [0.2, 0.25) is 0 Å². The maximum absolute atomic E-state index is 13.0. The molecule has 7 heteroatoms. The summed E-state index contributed by atoms with van der Waals surface area (Å²) in [7, 11) is 0. The lowest BCUT2D eigenvalue weighted by Crippen LogP contribution is -2.34. The van der Waals surface area contributed by atoms with Crippen LogP contribution >= 0.6 is 11.8 Å². The molecule has 1 aliphatic rings. The Morgan fingerprint density at radius 2 is 2.00 bits per heavy atom. The molecule has 0 spiro atoms. The van der Waals surface area contributed by atoms with Crippen molar-refractivity contribution in [2.24, 2.45) is 0 Å². The van der Waals surface area contributed by atoms with Gasteiger partial charge in [0.1, 0.15) is 5.37 Å². The van der Waals surface area contributed by atoms with E-state index in [9.17, 15) is 18.0 Å². The average Bonchev–Trinajstić information content (AvgIpc) is 3.11. The first-order valence-corrected chi connectivity index (χ1v) is 9.39. The number of amides is 2. The minimum absolute atomic E-state index is 0.293. The summed E-state index contributed by atoms with van der Waals surface area (Å²) in [6.07, 6.45) is -3.62. The van der Waals surface area contributed by atoms with Gasteiger partial charge in [0.05, 0.1) is 5.56 Å². The molecule has 0 aliphatic carbocycles. The van der Waals surface area contributed by atoms with E-state index in [0.717, 1.165) is 29.8 Å². The van der Waals surface area contributed by atoms with Crippen molar-refractivity contribution in [3.63, 3.8) is 0 Å². The van der Waals surface area contributed by atoms with Crippen molar-refractivity contribution in [1.82, 2.24) is 4.90 Å². The zero-order valence-corrected chi connectivity index (χ0v) is 15.0. The zero-order chi connectivity index (χ0) is 18.7. The maximum atomic E-state index is 13.0. The van der Waals surface area contributed by atoms with Gasteiger partial charge in [-0.2, -0.15) is 13.2 Å². The summed E-state index contributed by atoms with van der Waals surface area (Å²) in [6.45, 7) is 2.49. The molecular formula is C19H19F3N2OS. The van der Waals surface area contributed by atoms with Gasteiger partial charge >= 0.3 is 12.2 Å². The highest BCUT2D eigenvalue weighted by atomic mass is 32.2. The molecule has 3 nitrogen and oxygen atoms in total. The summed E-state index contributed by atoms with van der Waals surface area (Å²) in [4.78, 5) is 14.3. The number of benzene rings is 2. The number of carbonyl (C=O) groups excluding carboxylic acids is 1. The van der Waals surface area contributed by atoms with Crippen LogP contribution in [0, 0.1) is 0 Å². The summed E-state index contributed by atoms with van der Waals surface area (Å²) in [5.41, 5.74) is 1.54. The Morgan fingerprint density at radius 1 is 1.23 bits per heavy atom. The van der Waals surface area contributed by atoms with E-state index >= 15 is 0 Å². The fraction of sp³-hybridized carbons (Fsp3) is 0.316. The molecule has 1 saturated heterocycles. The minimum Gasteiger partial charge on any atom is -0.308 e. The van der Waals surface area contributed by atoms with Crippen LogP contribution < -0.4 is 5.32 Å². The zero-order valence-electron chi connectivity index (χ0n) is 14.2. The van der Waals surface area contributed by atoms with Gasteiger partial charge in [0.15, 0.2) is 0 Å². The molecule has 1 fully saturated rings. The number of urea groups is 1. The minimum atomic E-state index is -4.40. The van der Waals surface area contributed by atoms with E-state index in [0.29, 0.717) is 17.9 Å². The van der Waals surface area contributed by atoms with Crippen LogP contribution in [0.1, 0.15) is 29.0 Å². The number of nitrogens with one attached hydrogen (secondary N) is 1. The number of hydrogen-bond acceptors (Lipinski definition) is 2. The van der Waals surface area contributed by atoms with E-state index in [4.69, 9.17) is 0 Å². The number of para-hydroxylation sites is 1. The number of thioether (sulfide) groups is 1. The monoisotopic (exact) mass is 380 g/mol. The molecule has 0 unspecified atom stereocenters. The molecule has 0 radical (unpaired) electrons. The van der Waals surface area contributed by atoms with Crippen LogP contribution in [0.25, 0.3) is 0 Å². The highest BCUT2D eigenvalue weighted by Gasteiger charge is 2.34. The average molecular weight is 380 g/mol. The molecule has 3 rings (SSSR count). The van der Waals surface area contributed by atoms with Crippen molar-refractivity contribution >= 4 is 23.5 Å². The Kier molecular flexibility index (Phi) is 5.46. The van der Waals surface area contributed by atoms with Gasteiger partial charge in [-0.1, -0.05) is 37.3 Å². The maximum Gasteiger partial charge on any atom is 0.416 e. The molecule has 1 aliphatic heterocycles. The Balaban J connectivity index is 1.81. The number of alkyl halides is 3. The lowest BCUT2D eigenvalue weighted by atomic mass is 10.1. The van der Waals surface area contributed by atoms with Crippen LogP contribution in [-0.4, -0.2) is 23.2 Å². The van der Waals surface area contributed by atoms with Crippen LogP contribution in [0.3, 0.4) is 0 Å². The molecule has 138 valence electrons. The number of hydrogen-bond donors (Lipinski definition) is 1. The lowest BCUT2D eigenvalue weighted by molar-refractivity contribution is -0.137. The number of carbonyl (C=O) groups is 1. The highest BCUT2D eigenvalue weighted by molar-refractivity contribution is 7.99. The Bertz CT molecular complexity index is 794. The topological polar surface area (TPSA) is 32.3 Å². The summed E-state index contributed by atoms with van der Waals surface area (Å²) < 4.78 is 38.9. The number of anilines is 1. The van der Waals surface area contributed by atoms with E-state index in [1.165, 1.54) is 17.8 Å². The lowest BCUT2D eigenvalue weighted by Gasteiger charge is -2.25. The Labute approximate surface area is 154 Å². The van der Waals surface area contributed by atoms with Gasteiger partial charge in [0.25, 0.3) is 0 Å². The van der Waals surface area contributed by atoms with E-state index < -0.39 is 17.1 Å². The summed E-state index contributed by atoms with van der Waals surface area (Å²) in [5.74, 6) is 0.684. The normalized spacial score (nSPS) is 17.4. The predicted molar refractivity (Wildman–Crippen MR) is 98.2 cm³/mol. The molecule has 1 atom stereocenters. The van der Waals surface area contributed by atoms with Crippen molar-refractivity contribution in [2.75, 3.05) is 17.6 Å². The molecule has 0 bridgehead atoms. The number of rotatable bonds is 3. The largest absolute Gasteiger partial charge is 0.416 e. The van der Waals surface area contributed by atoms with Gasteiger partial charge in [-0.3, -0.25) is 0 Å². The fourth-order valence-corrected chi connectivity index (χ4v) is 4.21. The third-order valence-electron chi connectivity index (χ3n) is 4.29. The molecule has 1 N–H and O–H groups in total. The van der Waals surface area contributed by atoms with Crippen LogP contribution in [0.5, 0.6) is 0 Å². The second-order valence-electron chi connectivity index (χ2n) is 5.98. The summed E-state index contributed by atoms with van der Waals surface area (Å²) >= 11 is 1.47. The van der Waals surface area contributed by atoms with E-state index in [1.807, 2.05) is 31.2 Å². The van der Waals surface area contributed by atoms with Gasteiger partial charge in [-0.15, -0.1) is 11.8 Å². The molecule has 1 heterocycles. The third-order valence-corrected chi connectivity index (χ3v) is 5.55. The second kappa shape index (κ2) is 7.61. The van der Waals surface area contributed by atoms with E-state index in [-0.39, 0.29) is 6.03 Å². The van der Waals surface area contributed by atoms with Crippen LogP contribution in [0.15, 0.2) is 48.5 Å². The summed E-state index contributed by atoms with van der Waals surface area (Å²) in [5, 5.41) is 2.47. The van der Waals surface area contributed by atoms with Crippen molar-refractivity contribution in [3.05, 3.63) is 65.2 Å². The third kappa shape index (κ3) is 3.98. The van der Waals surface area contributed by atoms with Crippen molar-refractivity contribution in [3.8, 4) is 0 Å². The van der Waals surface area contributed by atoms with Crippen molar-refractivity contribution in [2.45, 2.75) is 24.9 Å². The first-order chi connectivity index (χ1) is 12.4. The van der Waals surface area contributed by atoms with Gasteiger partial charge < -0.3 is 10.2 Å². The number of nitrogens with zero attached hydrogens (tertiary/aromatic N) is 1. The first-order valence-electron chi connectivity index (χ1n) is 8.34. The summed E-state index contributed by atoms with van der Waals surface area (Å²) in [6, 6.07) is 12.4. The SMILES string of the molecule is CCc1ccccc1NC(=O)N1CCS[C@@H]1c1cccc(C(F)(F)F)c1. The fourth-order valence-electron chi connectivity index (χ4n) is 2.96. The second-order valence-corrected chi connectivity index (χ2v) is 7.17. The van der Waals surface area contributed by atoms with E-state index in [2.05, 4.69) is 5.32 Å². The predicted octanol–water partition coefficient (Wildman–Crippen LogP) is 5.55. The highest BCUT2D eigenvalue weighted by Crippen LogP contribution is 2.40.